The zero-order valence-corrected chi connectivity index (χ0v) is 7.74. The Morgan fingerprint density at radius 2 is 2.00 bits per heavy atom. The SMILES string of the molecule is Fc1ccc(CCNCCl)cc1F. The average molecular weight is 206 g/mol. The number of hydrogen-bond donors (Lipinski definition) is 1. The predicted molar refractivity (Wildman–Crippen MR) is 48.8 cm³/mol. The third-order valence-corrected chi connectivity index (χ3v) is 1.86. The highest BCUT2D eigenvalue weighted by atomic mass is 35.5. The summed E-state index contributed by atoms with van der Waals surface area (Å²) in [5.74, 6) is -1.61. The molecule has 0 aliphatic rings. The summed E-state index contributed by atoms with van der Waals surface area (Å²) >= 11 is 5.38. The van der Waals surface area contributed by atoms with E-state index in [0.717, 1.165) is 11.6 Å². The van der Waals surface area contributed by atoms with E-state index in [1.807, 2.05) is 0 Å². The van der Waals surface area contributed by atoms with Crippen molar-refractivity contribution in [1.82, 2.24) is 5.32 Å². The van der Waals surface area contributed by atoms with Crippen molar-refractivity contribution in [3.63, 3.8) is 0 Å². The van der Waals surface area contributed by atoms with E-state index in [1.165, 1.54) is 6.07 Å². The van der Waals surface area contributed by atoms with E-state index in [0.29, 0.717) is 19.0 Å². The van der Waals surface area contributed by atoms with E-state index in [9.17, 15) is 8.78 Å². The quantitative estimate of drug-likeness (QED) is 0.452. The van der Waals surface area contributed by atoms with Gasteiger partial charge in [-0.2, -0.15) is 0 Å². The van der Waals surface area contributed by atoms with Gasteiger partial charge in [-0.3, -0.25) is 0 Å². The second kappa shape index (κ2) is 5.14. The molecule has 0 fully saturated rings. The Hall–Kier alpha value is -0.670. The highest BCUT2D eigenvalue weighted by Gasteiger charge is 2.01. The van der Waals surface area contributed by atoms with Crippen LogP contribution in [0.25, 0.3) is 0 Å². The number of nitrogens with one attached hydrogen (secondary N) is 1. The summed E-state index contributed by atoms with van der Waals surface area (Å²) in [6, 6.07) is 4.26. The lowest BCUT2D eigenvalue weighted by molar-refractivity contribution is 0.507. The van der Waals surface area contributed by atoms with E-state index in [2.05, 4.69) is 5.32 Å². The Labute approximate surface area is 80.7 Å². The molecule has 0 bridgehead atoms. The molecule has 1 N–H and O–H groups in total. The van der Waals surface area contributed by atoms with Gasteiger partial charge in [0.2, 0.25) is 0 Å². The first-order valence-corrected chi connectivity index (χ1v) is 4.48. The standard InChI is InChI=1S/C9H10ClF2N/c10-6-13-4-3-7-1-2-8(11)9(12)5-7/h1-2,5,13H,3-4,6H2. The summed E-state index contributed by atoms with van der Waals surface area (Å²) in [7, 11) is 0. The van der Waals surface area contributed by atoms with E-state index in [4.69, 9.17) is 11.6 Å². The molecule has 0 unspecified atom stereocenters. The minimum absolute atomic E-state index is 0.365. The molecule has 0 saturated carbocycles. The Bertz CT molecular complexity index is 278. The lowest BCUT2D eigenvalue weighted by Gasteiger charge is -2.01. The molecule has 0 saturated heterocycles. The van der Waals surface area contributed by atoms with Gasteiger partial charge in [-0.05, 0) is 24.1 Å². The molecule has 1 aromatic carbocycles. The third kappa shape index (κ3) is 3.28. The Balaban J connectivity index is 2.53. The van der Waals surface area contributed by atoms with Crippen LogP contribution in [0.15, 0.2) is 18.2 Å². The van der Waals surface area contributed by atoms with Gasteiger partial charge in [0.15, 0.2) is 11.6 Å². The van der Waals surface area contributed by atoms with Crippen LogP contribution in [0, 0.1) is 11.6 Å². The topological polar surface area (TPSA) is 12.0 Å². The molecular formula is C9H10ClF2N. The Morgan fingerprint density at radius 1 is 1.23 bits per heavy atom. The molecule has 1 nitrogen and oxygen atoms in total. The molecule has 0 aliphatic carbocycles. The van der Waals surface area contributed by atoms with E-state index < -0.39 is 11.6 Å². The van der Waals surface area contributed by atoms with Crippen LogP contribution in [-0.4, -0.2) is 12.5 Å². The van der Waals surface area contributed by atoms with Crippen molar-refractivity contribution < 1.29 is 8.78 Å². The van der Waals surface area contributed by atoms with Gasteiger partial charge < -0.3 is 5.32 Å². The van der Waals surface area contributed by atoms with Crippen LogP contribution in [0.4, 0.5) is 8.78 Å². The van der Waals surface area contributed by atoms with Crippen LogP contribution in [0.1, 0.15) is 5.56 Å². The number of hydrogen-bond acceptors (Lipinski definition) is 1. The van der Waals surface area contributed by atoms with Crippen molar-refractivity contribution in [3.05, 3.63) is 35.4 Å². The minimum Gasteiger partial charge on any atom is -0.304 e. The van der Waals surface area contributed by atoms with E-state index >= 15 is 0 Å². The first-order chi connectivity index (χ1) is 6.24. The minimum atomic E-state index is -0.811. The van der Waals surface area contributed by atoms with Gasteiger partial charge in [-0.15, -0.1) is 11.6 Å². The lowest BCUT2D eigenvalue weighted by Crippen LogP contribution is -2.14. The van der Waals surface area contributed by atoms with Crippen molar-refractivity contribution in [2.24, 2.45) is 0 Å². The summed E-state index contributed by atoms with van der Waals surface area (Å²) in [6.07, 6.45) is 0.643. The van der Waals surface area contributed by atoms with Gasteiger partial charge in [-0.1, -0.05) is 6.07 Å². The summed E-state index contributed by atoms with van der Waals surface area (Å²) in [4.78, 5) is 0. The summed E-state index contributed by atoms with van der Waals surface area (Å²) in [5, 5.41) is 2.88. The van der Waals surface area contributed by atoms with Crippen molar-refractivity contribution >= 4 is 11.6 Å². The first-order valence-electron chi connectivity index (χ1n) is 3.94. The number of alkyl halides is 1. The second-order valence-corrected chi connectivity index (χ2v) is 2.90. The number of benzene rings is 1. The van der Waals surface area contributed by atoms with Gasteiger partial charge in [0.25, 0.3) is 0 Å². The summed E-state index contributed by atoms with van der Waals surface area (Å²) in [5.41, 5.74) is 0.761. The second-order valence-electron chi connectivity index (χ2n) is 2.63. The molecule has 72 valence electrons. The van der Waals surface area contributed by atoms with Gasteiger partial charge in [0.05, 0.1) is 6.00 Å². The fourth-order valence-corrected chi connectivity index (χ4v) is 1.13. The summed E-state index contributed by atoms with van der Waals surface area (Å²) in [6.45, 7) is 0.661. The van der Waals surface area contributed by atoms with Crippen LogP contribution < -0.4 is 5.32 Å². The molecule has 13 heavy (non-hydrogen) atoms. The van der Waals surface area contributed by atoms with Crippen molar-refractivity contribution in [2.45, 2.75) is 6.42 Å². The molecule has 0 amide bonds. The molecule has 1 aromatic rings. The largest absolute Gasteiger partial charge is 0.304 e. The van der Waals surface area contributed by atoms with Gasteiger partial charge >= 0.3 is 0 Å². The van der Waals surface area contributed by atoms with E-state index in [1.54, 1.807) is 6.07 Å². The maximum absolute atomic E-state index is 12.7. The van der Waals surface area contributed by atoms with Crippen LogP contribution in [0.3, 0.4) is 0 Å². The Kier molecular flexibility index (Phi) is 4.12. The number of halogens is 3. The molecule has 0 aliphatic heterocycles. The van der Waals surface area contributed by atoms with Crippen LogP contribution in [0.2, 0.25) is 0 Å². The smallest absolute Gasteiger partial charge is 0.159 e. The molecule has 1 rings (SSSR count). The highest BCUT2D eigenvalue weighted by Crippen LogP contribution is 2.08. The molecule has 0 heterocycles. The fourth-order valence-electron chi connectivity index (χ4n) is 0.995. The molecule has 0 radical (unpaired) electrons. The third-order valence-electron chi connectivity index (χ3n) is 1.67. The monoisotopic (exact) mass is 205 g/mol. The van der Waals surface area contributed by atoms with Crippen LogP contribution in [0.5, 0.6) is 0 Å². The van der Waals surface area contributed by atoms with Crippen molar-refractivity contribution in [2.75, 3.05) is 12.5 Å². The maximum atomic E-state index is 12.7. The predicted octanol–water partition coefficient (Wildman–Crippen LogP) is 2.29. The van der Waals surface area contributed by atoms with Crippen molar-refractivity contribution in [3.8, 4) is 0 Å². The molecular weight excluding hydrogens is 196 g/mol. The number of rotatable bonds is 4. The van der Waals surface area contributed by atoms with Crippen LogP contribution in [-0.2, 0) is 6.42 Å². The van der Waals surface area contributed by atoms with Gasteiger partial charge in [0, 0.05) is 6.54 Å². The molecule has 0 spiro atoms. The van der Waals surface area contributed by atoms with Crippen LogP contribution >= 0.6 is 11.6 Å². The molecule has 0 atom stereocenters. The maximum Gasteiger partial charge on any atom is 0.159 e. The normalized spacial score (nSPS) is 10.4. The average Bonchev–Trinajstić information content (AvgIpc) is 2.12. The molecule has 0 aromatic heterocycles. The van der Waals surface area contributed by atoms with E-state index in [-0.39, 0.29) is 0 Å². The lowest BCUT2D eigenvalue weighted by atomic mass is 10.1. The zero-order valence-electron chi connectivity index (χ0n) is 6.99. The highest BCUT2D eigenvalue weighted by molar-refractivity contribution is 6.17. The first kappa shape index (κ1) is 10.4. The fraction of sp³-hybridized carbons (Fsp3) is 0.333. The van der Waals surface area contributed by atoms with Crippen molar-refractivity contribution in [1.29, 1.82) is 0 Å². The summed E-state index contributed by atoms with van der Waals surface area (Å²) < 4.78 is 25.1. The van der Waals surface area contributed by atoms with Gasteiger partial charge in [0.1, 0.15) is 0 Å². The Morgan fingerprint density at radius 3 is 2.62 bits per heavy atom. The van der Waals surface area contributed by atoms with Gasteiger partial charge in [-0.25, -0.2) is 8.78 Å². The molecule has 4 heteroatoms. The zero-order chi connectivity index (χ0) is 9.68.